The van der Waals surface area contributed by atoms with Gasteiger partial charge in [0.25, 0.3) is 5.91 Å². The van der Waals surface area contributed by atoms with E-state index < -0.39 is 0 Å². The number of carbonyl (C=O) groups excluding carboxylic acids is 1. The van der Waals surface area contributed by atoms with Crippen LogP contribution in [0, 0.1) is 0 Å². The Kier molecular flexibility index (Phi) is 4.12. The summed E-state index contributed by atoms with van der Waals surface area (Å²) in [5, 5.41) is 7.24. The minimum atomic E-state index is 0.00410. The maximum atomic E-state index is 12.6. The smallest absolute Gasteiger partial charge is 0.275 e. The summed E-state index contributed by atoms with van der Waals surface area (Å²) < 4.78 is 6.50. The maximum absolute atomic E-state index is 12.6. The molecule has 2 heterocycles. The summed E-state index contributed by atoms with van der Waals surface area (Å²) in [6.07, 6.45) is 4.56. The third-order valence-corrected chi connectivity index (χ3v) is 4.79. The SMILES string of the molecule is CCOC1CCCN(C(=O)c2n[nH]c(C3CC3)c2Br)C1. The quantitative estimate of drug-likeness (QED) is 0.915. The van der Waals surface area contributed by atoms with Crippen molar-refractivity contribution >= 4 is 21.8 Å². The zero-order valence-corrected chi connectivity index (χ0v) is 13.3. The number of halogens is 1. The molecule has 5 nitrogen and oxygen atoms in total. The van der Waals surface area contributed by atoms with Crippen LogP contribution < -0.4 is 0 Å². The molecule has 2 fully saturated rings. The Hall–Kier alpha value is -0.880. The number of hydrogen-bond donors (Lipinski definition) is 1. The number of ether oxygens (including phenoxy) is 1. The molecule has 20 heavy (non-hydrogen) atoms. The Balaban J connectivity index is 1.71. The van der Waals surface area contributed by atoms with Crippen molar-refractivity contribution in [3.63, 3.8) is 0 Å². The number of aromatic nitrogens is 2. The van der Waals surface area contributed by atoms with E-state index in [2.05, 4.69) is 26.1 Å². The Morgan fingerprint density at radius 1 is 1.50 bits per heavy atom. The van der Waals surface area contributed by atoms with Gasteiger partial charge in [0.15, 0.2) is 5.69 Å². The molecule has 1 saturated heterocycles. The second-order valence-electron chi connectivity index (χ2n) is 5.54. The van der Waals surface area contributed by atoms with Crippen LogP contribution in [-0.2, 0) is 4.74 Å². The van der Waals surface area contributed by atoms with E-state index in [9.17, 15) is 4.79 Å². The second-order valence-corrected chi connectivity index (χ2v) is 6.34. The molecular formula is C14H20BrN3O2. The minimum Gasteiger partial charge on any atom is -0.377 e. The summed E-state index contributed by atoms with van der Waals surface area (Å²) in [4.78, 5) is 14.4. The molecule has 0 radical (unpaired) electrons. The number of carbonyl (C=O) groups is 1. The van der Waals surface area contributed by atoms with Gasteiger partial charge in [0.05, 0.1) is 16.3 Å². The lowest BCUT2D eigenvalue weighted by Crippen LogP contribution is -2.43. The van der Waals surface area contributed by atoms with E-state index in [0.717, 1.165) is 29.6 Å². The highest BCUT2D eigenvalue weighted by Gasteiger charge is 2.33. The first kappa shape index (κ1) is 14.1. The largest absolute Gasteiger partial charge is 0.377 e. The first-order valence-electron chi connectivity index (χ1n) is 7.35. The normalized spacial score (nSPS) is 23.1. The molecular weight excluding hydrogens is 322 g/mol. The van der Waals surface area contributed by atoms with Gasteiger partial charge in [-0.05, 0) is 48.5 Å². The van der Waals surface area contributed by atoms with Crippen molar-refractivity contribution in [3.05, 3.63) is 15.9 Å². The van der Waals surface area contributed by atoms with Gasteiger partial charge in [0.1, 0.15) is 0 Å². The molecule has 6 heteroatoms. The molecule has 1 aliphatic carbocycles. The highest BCUT2D eigenvalue weighted by molar-refractivity contribution is 9.10. The number of hydrogen-bond acceptors (Lipinski definition) is 3. The maximum Gasteiger partial charge on any atom is 0.275 e. The van der Waals surface area contributed by atoms with Crippen molar-refractivity contribution in [2.45, 2.75) is 44.6 Å². The molecule has 1 atom stereocenters. The molecule has 1 saturated carbocycles. The van der Waals surface area contributed by atoms with E-state index >= 15 is 0 Å². The number of amides is 1. The topological polar surface area (TPSA) is 58.2 Å². The Morgan fingerprint density at radius 3 is 3.00 bits per heavy atom. The van der Waals surface area contributed by atoms with Crippen LogP contribution in [0.5, 0.6) is 0 Å². The number of rotatable bonds is 4. The summed E-state index contributed by atoms with van der Waals surface area (Å²) in [6, 6.07) is 0. The summed E-state index contributed by atoms with van der Waals surface area (Å²) in [5.74, 6) is 0.556. The Bertz CT molecular complexity index is 497. The predicted octanol–water partition coefficient (Wildman–Crippen LogP) is 2.69. The van der Waals surface area contributed by atoms with Crippen LogP contribution in [-0.4, -0.2) is 46.8 Å². The number of H-pyrrole nitrogens is 1. The lowest BCUT2D eigenvalue weighted by Gasteiger charge is -2.32. The van der Waals surface area contributed by atoms with Crippen LogP contribution in [0.3, 0.4) is 0 Å². The number of piperidine rings is 1. The third kappa shape index (κ3) is 2.76. The first-order chi connectivity index (χ1) is 9.70. The lowest BCUT2D eigenvalue weighted by molar-refractivity contribution is 0.00699. The van der Waals surface area contributed by atoms with Crippen LogP contribution in [0.1, 0.15) is 54.7 Å². The molecule has 1 amide bonds. The molecule has 3 rings (SSSR count). The second kappa shape index (κ2) is 5.85. The summed E-state index contributed by atoms with van der Waals surface area (Å²) in [6.45, 7) is 4.16. The van der Waals surface area contributed by atoms with E-state index in [0.29, 0.717) is 24.8 Å². The number of nitrogens with one attached hydrogen (secondary N) is 1. The van der Waals surface area contributed by atoms with Crippen molar-refractivity contribution in [3.8, 4) is 0 Å². The van der Waals surface area contributed by atoms with Gasteiger partial charge < -0.3 is 9.64 Å². The fourth-order valence-electron chi connectivity index (χ4n) is 2.77. The first-order valence-corrected chi connectivity index (χ1v) is 8.14. The average molecular weight is 342 g/mol. The van der Waals surface area contributed by atoms with Crippen LogP contribution >= 0.6 is 15.9 Å². The van der Waals surface area contributed by atoms with Gasteiger partial charge in [-0.15, -0.1) is 0 Å². The molecule has 0 spiro atoms. The molecule has 110 valence electrons. The average Bonchev–Trinajstić information content (AvgIpc) is 3.22. The van der Waals surface area contributed by atoms with Gasteiger partial charge in [-0.3, -0.25) is 9.89 Å². The molecule has 1 N–H and O–H groups in total. The van der Waals surface area contributed by atoms with Gasteiger partial charge >= 0.3 is 0 Å². The van der Waals surface area contributed by atoms with Gasteiger partial charge in [-0.1, -0.05) is 0 Å². The molecule has 0 aromatic carbocycles. The summed E-state index contributed by atoms with van der Waals surface area (Å²) in [7, 11) is 0. The number of nitrogens with zero attached hydrogens (tertiary/aromatic N) is 2. The zero-order valence-electron chi connectivity index (χ0n) is 11.7. The highest BCUT2D eigenvalue weighted by atomic mass is 79.9. The number of likely N-dealkylation sites (tertiary alicyclic amines) is 1. The zero-order chi connectivity index (χ0) is 14.1. The lowest BCUT2D eigenvalue weighted by atomic mass is 10.1. The van der Waals surface area contributed by atoms with E-state index in [1.54, 1.807) is 0 Å². The molecule has 1 aromatic rings. The third-order valence-electron chi connectivity index (χ3n) is 3.99. The van der Waals surface area contributed by atoms with E-state index in [1.165, 1.54) is 12.8 Å². The van der Waals surface area contributed by atoms with Crippen molar-refractivity contribution in [2.75, 3.05) is 19.7 Å². The van der Waals surface area contributed by atoms with E-state index in [4.69, 9.17) is 4.74 Å². The highest BCUT2D eigenvalue weighted by Crippen LogP contribution is 2.43. The van der Waals surface area contributed by atoms with E-state index in [-0.39, 0.29) is 12.0 Å². The van der Waals surface area contributed by atoms with Gasteiger partial charge in [-0.25, -0.2) is 0 Å². The van der Waals surface area contributed by atoms with Gasteiger partial charge in [0.2, 0.25) is 0 Å². The van der Waals surface area contributed by atoms with Crippen molar-refractivity contribution < 1.29 is 9.53 Å². The monoisotopic (exact) mass is 341 g/mol. The predicted molar refractivity (Wildman–Crippen MR) is 78.8 cm³/mol. The fraction of sp³-hybridized carbons (Fsp3) is 0.714. The Morgan fingerprint density at radius 2 is 2.30 bits per heavy atom. The molecule has 1 aliphatic heterocycles. The van der Waals surface area contributed by atoms with Gasteiger partial charge in [-0.2, -0.15) is 5.10 Å². The van der Waals surface area contributed by atoms with Crippen LogP contribution in [0.15, 0.2) is 4.47 Å². The standard InChI is InChI=1S/C14H20BrN3O2/c1-2-20-10-4-3-7-18(8-10)14(19)13-11(15)12(16-17-13)9-5-6-9/h9-10H,2-8H2,1H3,(H,16,17). The van der Waals surface area contributed by atoms with Crippen molar-refractivity contribution in [1.29, 1.82) is 0 Å². The molecule has 1 unspecified atom stereocenters. The summed E-state index contributed by atoms with van der Waals surface area (Å²) in [5.41, 5.74) is 1.59. The Labute approximate surface area is 127 Å². The van der Waals surface area contributed by atoms with Crippen molar-refractivity contribution in [1.82, 2.24) is 15.1 Å². The minimum absolute atomic E-state index is 0.00410. The van der Waals surface area contributed by atoms with Gasteiger partial charge in [0, 0.05) is 25.6 Å². The summed E-state index contributed by atoms with van der Waals surface area (Å²) >= 11 is 3.53. The van der Waals surface area contributed by atoms with Crippen LogP contribution in [0.4, 0.5) is 0 Å². The van der Waals surface area contributed by atoms with E-state index in [1.807, 2.05) is 11.8 Å². The molecule has 2 aliphatic rings. The van der Waals surface area contributed by atoms with Crippen LogP contribution in [0.25, 0.3) is 0 Å². The van der Waals surface area contributed by atoms with Crippen molar-refractivity contribution in [2.24, 2.45) is 0 Å². The van der Waals surface area contributed by atoms with Crippen LogP contribution in [0.2, 0.25) is 0 Å². The fourth-order valence-corrected chi connectivity index (χ4v) is 3.44. The molecule has 0 bridgehead atoms. The molecule has 1 aromatic heterocycles. The number of aromatic amines is 1.